The molecule has 0 atom stereocenters. The molecule has 184 valence electrons. The standard InChI is InChI=1S/C32H33NO3/c1-23-17-24(2)25(3)31(18-23)36-22-29-19-28(15-16-30(29)35-4)32(34)33(20-26-11-7-5-8-12-26)21-27-13-9-6-10-14-27/h5-19H,20-22H2,1-4H3. The van der Waals surface area contributed by atoms with Crippen molar-refractivity contribution in [2.45, 2.75) is 40.5 Å². The number of ether oxygens (including phenoxy) is 2. The lowest BCUT2D eigenvalue weighted by Gasteiger charge is -2.24. The van der Waals surface area contributed by atoms with E-state index in [1.165, 1.54) is 5.56 Å². The molecule has 4 nitrogen and oxygen atoms in total. The predicted molar refractivity (Wildman–Crippen MR) is 144 cm³/mol. The average Bonchev–Trinajstić information content (AvgIpc) is 2.90. The molecule has 0 saturated heterocycles. The summed E-state index contributed by atoms with van der Waals surface area (Å²) in [4.78, 5) is 15.6. The van der Waals surface area contributed by atoms with Crippen LogP contribution in [0.25, 0.3) is 0 Å². The Morgan fingerprint density at radius 2 is 1.36 bits per heavy atom. The minimum absolute atomic E-state index is 0.0332. The Hall–Kier alpha value is -4.05. The maximum atomic E-state index is 13.8. The summed E-state index contributed by atoms with van der Waals surface area (Å²) >= 11 is 0. The number of amides is 1. The van der Waals surface area contributed by atoms with E-state index in [1.54, 1.807) is 7.11 Å². The number of hydrogen-bond donors (Lipinski definition) is 0. The molecule has 0 aliphatic rings. The molecule has 0 fully saturated rings. The molecule has 0 bridgehead atoms. The van der Waals surface area contributed by atoms with Crippen LogP contribution in [0.4, 0.5) is 0 Å². The summed E-state index contributed by atoms with van der Waals surface area (Å²) < 4.78 is 11.8. The molecule has 4 heteroatoms. The van der Waals surface area contributed by atoms with E-state index in [-0.39, 0.29) is 5.91 Å². The first-order chi connectivity index (χ1) is 17.4. The molecule has 36 heavy (non-hydrogen) atoms. The molecule has 0 aromatic heterocycles. The number of carbonyl (C=O) groups excluding carboxylic acids is 1. The fourth-order valence-electron chi connectivity index (χ4n) is 4.32. The van der Waals surface area contributed by atoms with Gasteiger partial charge in [-0.25, -0.2) is 0 Å². The van der Waals surface area contributed by atoms with Crippen LogP contribution in [0.15, 0.2) is 91.0 Å². The van der Waals surface area contributed by atoms with E-state index in [2.05, 4.69) is 26.8 Å². The Kier molecular flexibility index (Phi) is 8.06. The molecule has 0 N–H and O–H groups in total. The number of benzene rings is 4. The van der Waals surface area contributed by atoms with Gasteiger partial charge in [0.15, 0.2) is 0 Å². The second-order valence-electron chi connectivity index (χ2n) is 9.15. The maximum absolute atomic E-state index is 13.8. The van der Waals surface area contributed by atoms with Gasteiger partial charge in [0.1, 0.15) is 18.1 Å². The Morgan fingerprint density at radius 3 is 1.94 bits per heavy atom. The summed E-state index contributed by atoms with van der Waals surface area (Å²) in [5.41, 5.74) is 7.08. The first kappa shape index (κ1) is 25.1. The van der Waals surface area contributed by atoms with Crippen molar-refractivity contribution in [2.24, 2.45) is 0 Å². The topological polar surface area (TPSA) is 38.8 Å². The normalized spacial score (nSPS) is 10.7. The van der Waals surface area contributed by atoms with Crippen molar-refractivity contribution in [1.82, 2.24) is 4.90 Å². The largest absolute Gasteiger partial charge is 0.496 e. The maximum Gasteiger partial charge on any atom is 0.254 e. The first-order valence-electron chi connectivity index (χ1n) is 12.2. The zero-order valence-electron chi connectivity index (χ0n) is 21.5. The molecule has 4 aromatic rings. The lowest BCUT2D eigenvalue weighted by Crippen LogP contribution is -2.30. The van der Waals surface area contributed by atoms with E-state index in [1.807, 2.05) is 89.8 Å². The summed E-state index contributed by atoms with van der Waals surface area (Å²) in [6.07, 6.45) is 0. The first-order valence-corrected chi connectivity index (χ1v) is 12.2. The SMILES string of the molecule is COc1ccc(C(=O)N(Cc2ccccc2)Cc2ccccc2)cc1COc1cc(C)cc(C)c1C. The molecule has 0 spiro atoms. The molecule has 0 saturated carbocycles. The monoisotopic (exact) mass is 479 g/mol. The molecule has 4 aromatic carbocycles. The van der Waals surface area contributed by atoms with Crippen LogP contribution in [-0.2, 0) is 19.7 Å². The summed E-state index contributed by atoms with van der Waals surface area (Å²) in [5, 5.41) is 0. The van der Waals surface area contributed by atoms with Gasteiger partial charge in [0.2, 0.25) is 0 Å². The van der Waals surface area contributed by atoms with E-state index in [9.17, 15) is 4.79 Å². The fraction of sp³-hybridized carbons (Fsp3) is 0.219. The quantitative estimate of drug-likeness (QED) is 0.258. The number of rotatable bonds is 9. The van der Waals surface area contributed by atoms with Crippen molar-refractivity contribution in [1.29, 1.82) is 0 Å². The molecule has 0 aliphatic carbocycles. The fourth-order valence-corrected chi connectivity index (χ4v) is 4.32. The molecule has 1 amide bonds. The van der Waals surface area contributed by atoms with Crippen molar-refractivity contribution in [3.8, 4) is 11.5 Å². The second kappa shape index (κ2) is 11.6. The van der Waals surface area contributed by atoms with Crippen molar-refractivity contribution in [3.63, 3.8) is 0 Å². The Morgan fingerprint density at radius 1 is 0.750 bits per heavy atom. The molecular formula is C32H33NO3. The van der Waals surface area contributed by atoms with E-state index in [0.717, 1.165) is 33.6 Å². The van der Waals surface area contributed by atoms with Crippen LogP contribution in [0.3, 0.4) is 0 Å². The van der Waals surface area contributed by atoms with Crippen LogP contribution in [0, 0.1) is 20.8 Å². The summed E-state index contributed by atoms with van der Waals surface area (Å²) in [7, 11) is 1.64. The Bertz CT molecular complexity index is 1270. The minimum Gasteiger partial charge on any atom is -0.496 e. The van der Waals surface area contributed by atoms with Gasteiger partial charge in [-0.3, -0.25) is 4.79 Å². The van der Waals surface area contributed by atoms with Crippen molar-refractivity contribution >= 4 is 5.91 Å². The van der Waals surface area contributed by atoms with Gasteiger partial charge in [-0.1, -0.05) is 66.7 Å². The summed E-state index contributed by atoms with van der Waals surface area (Å²) in [6.45, 7) is 7.57. The molecule has 4 rings (SSSR count). The van der Waals surface area contributed by atoms with Crippen LogP contribution in [0.5, 0.6) is 11.5 Å². The molecular weight excluding hydrogens is 446 g/mol. The highest BCUT2D eigenvalue weighted by atomic mass is 16.5. The molecule has 0 unspecified atom stereocenters. The highest BCUT2D eigenvalue weighted by molar-refractivity contribution is 5.94. The predicted octanol–water partition coefficient (Wildman–Crippen LogP) is 7.04. The van der Waals surface area contributed by atoms with E-state index >= 15 is 0 Å². The van der Waals surface area contributed by atoms with Crippen molar-refractivity contribution in [3.05, 3.63) is 130 Å². The smallest absolute Gasteiger partial charge is 0.254 e. The van der Waals surface area contributed by atoms with Crippen LogP contribution >= 0.6 is 0 Å². The number of methoxy groups -OCH3 is 1. The van der Waals surface area contributed by atoms with Crippen LogP contribution in [-0.4, -0.2) is 17.9 Å². The number of aryl methyl sites for hydroxylation is 2. The zero-order chi connectivity index (χ0) is 25.5. The van der Waals surface area contributed by atoms with Gasteiger partial charge in [-0.15, -0.1) is 0 Å². The lowest BCUT2D eigenvalue weighted by molar-refractivity contribution is 0.0729. The molecule has 0 radical (unpaired) electrons. The van der Waals surface area contributed by atoms with Gasteiger partial charge >= 0.3 is 0 Å². The van der Waals surface area contributed by atoms with E-state index < -0.39 is 0 Å². The third-order valence-electron chi connectivity index (χ3n) is 6.39. The van der Waals surface area contributed by atoms with E-state index in [4.69, 9.17) is 9.47 Å². The lowest BCUT2D eigenvalue weighted by atomic mass is 10.1. The highest BCUT2D eigenvalue weighted by Crippen LogP contribution is 2.27. The van der Waals surface area contributed by atoms with Crippen molar-refractivity contribution in [2.75, 3.05) is 7.11 Å². The molecule has 0 heterocycles. The van der Waals surface area contributed by atoms with Gasteiger partial charge in [0.05, 0.1) is 7.11 Å². The average molecular weight is 480 g/mol. The summed E-state index contributed by atoms with van der Waals surface area (Å²) in [5.74, 6) is 1.52. The van der Waals surface area contributed by atoms with E-state index in [0.29, 0.717) is 31.0 Å². The van der Waals surface area contributed by atoms with Gasteiger partial charge in [-0.05, 0) is 72.9 Å². The van der Waals surface area contributed by atoms with Crippen molar-refractivity contribution < 1.29 is 14.3 Å². The second-order valence-corrected chi connectivity index (χ2v) is 9.15. The van der Waals surface area contributed by atoms with Gasteiger partial charge in [0, 0.05) is 24.2 Å². The third-order valence-corrected chi connectivity index (χ3v) is 6.39. The minimum atomic E-state index is -0.0332. The number of nitrogens with zero attached hydrogens (tertiary/aromatic N) is 1. The summed E-state index contributed by atoms with van der Waals surface area (Å²) in [6, 6.07) is 29.9. The number of carbonyl (C=O) groups is 1. The zero-order valence-corrected chi connectivity index (χ0v) is 21.5. The van der Waals surface area contributed by atoms with Crippen LogP contribution < -0.4 is 9.47 Å². The van der Waals surface area contributed by atoms with Gasteiger partial charge in [-0.2, -0.15) is 0 Å². The highest BCUT2D eigenvalue weighted by Gasteiger charge is 2.19. The van der Waals surface area contributed by atoms with Crippen LogP contribution in [0.1, 0.15) is 43.7 Å². The van der Waals surface area contributed by atoms with Crippen LogP contribution in [0.2, 0.25) is 0 Å². The van der Waals surface area contributed by atoms with Gasteiger partial charge in [0.25, 0.3) is 5.91 Å². The van der Waals surface area contributed by atoms with Gasteiger partial charge < -0.3 is 14.4 Å². The molecule has 0 aliphatic heterocycles. The number of hydrogen-bond acceptors (Lipinski definition) is 3. The third kappa shape index (κ3) is 6.14. The Labute approximate surface area is 214 Å². The Balaban J connectivity index is 1.60.